The predicted octanol–water partition coefficient (Wildman–Crippen LogP) is 3.87. The molecule has 0 unspecified atom stereocenters. The quantitative estimate of drug-likeness (QED) is 0.801. The van der Waals surface area contributed by atoms with E-state index in [0.717, 1.165) is 12.0 Å². The number of alkyl halides is 2. The zero-order valence-electron chi connectivity index (χ0n) is 12.8. The van der Waals surface area contributed by atoms with Crippen molar-refractivity contribution in [1.82, 2.24) is 9.97 Å². The number of H-pyrrole nitrogens is 1. The molecule has 7 heteroatoms. The number of carbonyl (C=O) groups excluding carboxylic acids is 1. The molecule has 0 saturated heterocycles. The molecule has 1 atom stereocenters. The molecule has 1 amide bonds. The van der Waals surface area contributed by atoms with Crippen molar-refractivity contribution in [3.8, 4) is 5.75 Å². The molecule has 0 bridgehead atoms. The number of amides is 1. The number of carbonyl (C=O) groups is 1. The number of halogens is 2. The number of hydrogen-bond acceptors (Lipinski definition) is 3. The van der Waals surface area contributed by atoms with Crippen LogP contribution in [0.3, 0.4) is 0 Å². The van der Waals surface area contributed by atoms with Gasteiger partial charge in [-0.1, -0.05) is 12.1 Å². The zero-order chi connectivity index (χ0) is 16.7. The molecule has 1 aromatic carbocycles. The lowest BCUT2D eigenvalue weighted by Crippen LogP contribution is -2.42. The first kappa shape index (κ1) is 16.1. The average molecular weight is 354 g/mol. The third kappa shape index (κ3) is 3.62. The van der Waals surface area contributed by atoms with Crippen LogP contribution in [-0.4, -0.2) is 25.8 Å². The molecule has 1 aromatic heterocycles. The summed E-state index contributed by atoms with van der Waals surface area (Å²) in [7, 11) is 0. The van der Waals surface area contributed by atoms with Crippen LogP contribution in [-0.2, 0) is 4.79 Å². The van der Waals surface area contributed by atoms with Gasteiger partial charge in [-0.3, -0.25) is 10.1 Å². The van der Waals surface area contributed by atoms with Crippen molar-refractivity contribution in [1.29, 1.82) is 0 Å². The summed E-state index contributed by atoms with van der Waals surface area (Å²) in [6.07, 6.45) is 3.95. The summed E-state index contributed by atoms with van der Waals surface area (Å²) in [6.45, 7) is 3.39. The molecule has 1 saturated carbocycles. The molecule has 2 N–H and O–H groups in total. The molecule has 1 aliphatic carbocycles. The van der Waals surface area contributed by atoms with E-state index in [9.17, 15) is 4.79 Å². The van der Waals surface area contributed by atoms with Gasteiger partial charge in [-0.25, -0.2) is 4.98 Å². The van der Waals surface area contributed by atoms with Crippen LogP contribution >= 0.6 is 23.2 Å². The SMILES string of the molecule is CC(C)(Oc1ccc([C@@H]2CC2(Cl)Cl)cc1)C(=O)Nc1ncc[nH]1. The number of hydrogen-bond donors (Lipinski definition) is 2. The Hall–Kier alpha value is -1.72. The van der Waals surface area contributed by atoms with Crippen LogP contribution in [0.2, 0.25) is 0 Å². The van der Waals surface area contributed by atoms with Crippen molar-refractivity contribution >= 4 is 35.1 Å². The van der Waals surface area contributed by atoms with E-state index in [0.29, 0.717) is 11.7 Å². The molecule has 1 aliphatic rings. The topological polar surface area (TPSA) is 67.0 Å². The highest BCUT2D eigenvalue weighted by atomic mass is 35.5. The van der Waals surface area contributed by atoms with Gasteiger partial charge in [0.15, 0.2) is 5.60 Å². The average Bonchev–Trinajstić information content (AvgIpc) is 2.87. The van der Waals surface area contributed by atoms with Crippen molar-refractivity contribution < 1.29 is 9.53 Å². The Morgan fingerprint density at radius 3 is 2.57 bits per heavy atom. The minimum Gasteiger partial charge on any atom is -0.478 e. The van der Waals surface area contributed by atoms with E-state index in [2.05, 4.69) is 15.3 Å². The molecular weight excluding hydrogens is 337 g/mol. The first-order chi connectivity index (χ1) is 10.8. The Balaban J connectivity index is 1.64. The third-order valence-electron chi connectivity index (χ3n) is 3.76. The standard InChI is InChI=1S/C16H17Cl2N3O2/c1-15(2,13(22)21-14-19-7-8-20-14)23-11-5-3-10(4-6-11)12-9-16(12,17)18/h3-8,12H,9H2,1-2H3,(H2,19,20,21,22)/t12-/m0/s1. The van der Waals surface area contributed by atoms with Crippen LogP contribution in [0.5, 0.6) is 5.75 Å². The van der Waals surface area contributed by atoms with E-state index in [-0.39, 0.29) is 11.8 Å². The summed E-state index contributed by atoms with van der Waals surface area (Å²) in [5.41, 5.74) is 0.0246. The molecule has 5 nitrogen and oxygen atoms in total. The van der Waals surface area contributed by atoms with Crippen molar-refractivity contribution in [3.05, 3.63) is 42.2 Å². The number of nitrogens with one attached hydrogen (secondary N) is 2. The van der Waals surface area contributed by atoms with Gasteiger partial charge in [-0.2, -0.15) is 0 Å². The van der Waals surface area contributed by atoms with E-state index < -0.39 is 9.93 Å². The van der Waals surface area contributed by atoms with Gasteiger partial charge in [0.05, 0.1) is 0 Å². The summed E-state index contributed by atoms with van der Waals surface area (Å²) in [5, 5.41) is 2.67. The molecule has 1 heterocycles. The molecule has 1 fully saturated rings. The second kappa shape index (κ2) is 5.73. The number of anilines is 1. The number of rotatable bonds is 5. The highest BCUT2D eigenvalue weighted by Crippen LogP contribution is 2.59. The Kier molecular flexibility index (Phi) is 4.02. The fraction of sp³-hybridized carbons (Fsp3) is 0.375. The highest BCUT2D eigenvalue weighted by molar-refractivity contribution is 6.51. The zero-order valence-corrected chi connectivity index (χ0v) is 14.3. The monoisotopic (exact) mass is 353 g/mol. The molecular formula is C16H17Cl2N3O2. The minimum atomic E-state index is -1.05. The molecule has 23 heavy (non-hydrogen) atoms. The first-order valence-electron chi connectivity index (χ1n) is 7.25. The smallest absolute Gasteiger partial charge is 0.270 e. The largest absolute Gasteiger partial charge is 0.478 e. The normalized spacial score (nSPS) is 19.2. The summed E-state index contributed by atoms with van der Waals surface area (Å²) in [6, 6.07) is 7.49. The predicted molar refractivity (Wildman–Crippen MR) is 90.2 cm³/mol. The lowest BCUT2D eigenvalue weighted by molar-refractivity contribution is -0.128. The van der Waals surface area contributed by atoms with Crippen molar-refractivity contribution in [2.75, 3.05) is 5.32 Å². The molecule has 0 spiro atoms. The third-order valence-corrected chi connectivity index (χ3v) is 4.59. The Morgan fingerprint density at radius 2 is 2.04 bits per heavy atom. The number of nitrogens with zero attached hydrogens (tertiary/aromatic N) is 1. The molecule has 0 aliphatic heterocycles. The Labute approximate surface area is 144 Å². The maximum absolute atomic E-state index is 12.3. The van der Waals surface area contributed by atoms with Gasteiger partial charge < -0.3 is 9.72 Å². The summed E-state index contributed by atoms with van der Waals surface area (Å²) < 4.78 is 5.15. The number of imidazole rings is 1. The maximum Gasteiger partial charge on any atom is 0.270 e. The van der Waals surface area contributed by atoms with E-state index in [1.165, 1.54) is 0 Å². The van der Waals surface area contributed by atoms with Crippen LogP contribution in [0, 0.1) is 0 Å². The van der Waals surface area contributed by atoms with Gasteiger partial charge in [0.2, 0.25) is 5.95 Å². The van der Waals surface area contributed by atoms with E-state index in [1.807, 2.05) is 24.3 Å². The van der Waals surface area contributed by atoms with Crippen molar-refractivity contribution in [3.63, 3.8) is 0 Å². The highest BCUT2D eigenvalue weighted by Gasteiger charge is 2.52. The molecule has 2 aromatic rings. The number of aromatic amines is 1. The lowest BCUT2D eigenvalue weighted by Gasteiger charge is -2.24. The minimum absolute atomic E-state index is 0.162. The van der Waals surface area contributed by atoms with Crippen LogP contribution < -0.4 is 10.1 Å². The van der Waals surface area contributed by atoms with Crippen molar-refractivity contribution in [2.45, 2.75) is 36.1 Å². The summed E-state index contributed by atoms with van der Waals surface area (Å²) in [5.74, 6) is 0.856. The fourth-order valence-corrected chi connectivity index (χ4v) is 2.84. The van der Waals surface area contributed by atoms with Crippen LogP contribution in [0.4, 0.5) is 5.95 Å². The maximum atomic E-state index is 12.3. The number of ether oxygens (including phenoxy) is 1. The second-order valence-electron chi connectivity index (χ2n) is 6.09. The van der Waals surface area contributed by atoms with Crippen LogP contribution in [0.1, 0.15) is 31.7 Å². The van der Waals surface area contributed by atoms with E-state index in [4.69, 9.17) is 27.9 Å². The van der Waals surface area contributed by atoms with Crippen LogP contribution in [0.15, 0.2) is 36.7 Å². The number of aromatic nitrogens is 2. The number of benzene rings is 1. The molecule has 0 radical (unpaired) electrons. The van der Waals surface area contributed by atoms with Gasteiger partial charge in [-0.15, -0.1) is 23.2 Å². The summed E-state index contributed by atoms with van der Waals surface area (Å²) in [4.78, 5) is 19.1. The Morgan fingerprint density at radius 1 is 1.39 bits per heavy atom. The second-order valence-corrected chi connectivity index (χ2v) is 7.63. The van der Waals surface area contributed by atoms with Gasteiger partial charge >= 0.3 is 0 Å². The van der Waals surface area contributed by atoms with Gasteiger partial charge in [0.1, 0.15) is 10.1 Å². The Bertz CT molecular complexity index is 697. The van der Waals surface area contributed by atoms with Crippen molar-refractivity contribution in [2.24, 2.45) is 0 Å². The lowest BCUT2D eigenvalue weighted by atomic mass is 10.1. The molecule has 3 rings (SSSR count). The first-order valence-corrected chi connectivity index (χ1v) is 8.01. The molecule has 122 valence electrons. The van der Waals surface area contributed by atoms with Gasteiger partial charge in [0.25, 0.3) is 5.91 Å². The van der Waals surface area contributed by atoms with Crippen LogP contribution in [0.25, 0.3) is 0 Å². The van der Waals surface area contributed by atoms with Gasteiger partial charge in [-0.05, 0) is 38.0 Å². The van der Waals surface area contributed by atoms with E-state index >= 15 is 0 Å². The van der Waals surface area contributed by atoms with Gasteiger partial charge in [0, 0.05) is 18.3 Å². The van der Waals surface area contributed by atoms with E-state index in [1.54, 1.807) is 26.2 Å². The summed E-state index contributed by atoms with van der Waals surface area (Å²) >= 11 is 12.1. The fourth-order valence-electron chi connectivity index (χ4n) is 2.28.